The predicted molar refractivity (Wildman–Crippen MR) is 168 cm³/mol. The van der Waals surface area contributed by atoms with Crippen LogP contribution in [0.2, 0.25) is 25.7 Å². The summed E-state index contributed by atoms with van der Waals surface area (Å²) in [5, 5.41) is 10.4. The van der Waals surface area contributed by atoms with Gasteiger partial charge in [-0.05, 0) is 76.0 Å². The van der Waals surface area contributed by atoms with Crippen LogP contribution in [0.3, 0.4) is 0 Å². The Labute approximate surface area is 252 Å². The van der Waals surface area contributed by atoms with E-state index in [1.165, 1.54) is 25.9 Å². The molecule has 0 aliphatic carbocycles. The molecule has 1 atom stereocenters. The maximum Gasteiger partial charge on any atom is 0.212 e. The lowest BCUT2D eigenvalue weighted by Gasteiger charge is -2.15. The molecule has 12 heteroatoms. The van der Waals surface area contributed by atoms with E-state index in [4.69, 9.17) is 24.5 Å². The number of aryl methyl sites for hydroxylation is 1. The van der Waals surface area contributed by atoms with E-state index in [1.54, 1.807) is 11.3 Å². The fourth-order valence-electron chi connectivity index (χ4n) is 5.34. The van der Waals surface area contributed by atoms with E-state index >= 15 is 0 Å². The van der Waals surface area contributed by atoms with Crippen molar-refractivity contribution < 1.29 is 9.47 Å². The van der Waals surface area contributed by atoms with Crippen molar-refractivity contribution >= 4 is 36.3 Å². The third-order valence-corrected chi connectivity index (χ3v) is 10.6. The Kier molecular flexibility index (Phi) is 9.25. The largest absolute Gasteiger partial charge is 0.371 e. The van der Waals surface area contributed by atoms with Crippen molar-refractivity contribution in [1.29, 1.82) is 0 Å². The number of fused-ring (bicyclic) bond motifs is 1. The Morgan fingerprint density at radius 1 is 1.07 bits per heavy atom. The Bertz CT molecular complexity index is 1550. The summed E-state index contributed by atoms with van der Waals surface area (Å²) in [5.41, 5.74) is 3.69. The number of likely N-dealkylation sites (tertiary alicyclic amines) is 1. The molecule has 0 saturated carbocycles. The summed E-state index contributed by atoms with van der Waals surface area (Å²) in [6.07, 6.45) is 11.8. The minimum absolute atomic E-state index is 0.0321. The van der Waals surface area contributed by atoms with Crippen LogP contribution < -0.4 is 4.80 Å². The molecule has 1 unspecified atom stereocenters. The summed E-state index contributed by atoms with van der Waals surface area (Å²) in [5.74, 6) is 0.623. The van der Waals surface area contributed by atoms with Crippen LogP contribution in [0.25, 0.3) is 22.2 Å². The Hall–Kier alpha value is -2.77. The van der Waals surface area contributed by atoms with Crippen LogP contribution in [0.15, 0.2) is 41.8 Å². The molecule has 0 spiro atoms. The van der Waals surface area contributed by atoms with Crippen LogP contribution in [-0.2, 0) is 22.7 Å². The molecule has 6 rings (SSSR count). The molecule has 0 radical (unpaired) electrons. The molecule has 0 bridgehead atoms. The van der Waals surface area contributed by atoms with Gasteiger partial charge < -0.3 is 14.4 Å². The summed E-state index contributed by atoms with van der Waals surface area (Å²) in [6, 6.07) is 7.08. The third kappa shape index (κ3) is 7.59. The molecule has 0 amide bonds. The summed E-state index contributed by atoms with van der Waals surface area (Å²) < 4.78 is 15.8. The zero-order chi connectivity index (χ0) is 28.9. The first-order valence-corrected chi connectivity index (χ1v) is 19.8. The summed E-state index contributed by atoms with van der Waals surface area (Å²) >= 11 is 1.56. The molecule has 2 aliphatic heterocycles. The molecular formula is C30H42N8O2SSi. The van der Waals surface area contributed by atoms with Gasteiger partial charge in [-0.1, -0.05) is 31.0 Å². The second-order valence-electron chi connectivity index (χ2n) is 12.5. The number of pyridine rings is 2. The van der Waals surface area contributed by atoms with E-state index in [1.807, 2.05) is 33.9 Å². The average Bonchev–Trinajstić information content (AvgIpc) is 3.79. The molecule has 2 saturated heterocycles. The molecule has 2 fully saturated rings. The fourth-order valence-corrected chi connectivity index (χ4v) is 7.07. The predicted octanol–water partition coefficient (Wildman–Crippen LogP) is 5.63. The molecule has 42 heavy (non-hydrogen) atoms. The van der Waals surface area contributed by atoms with Gasteiger partial charge in [0.1, 0.15) is 17.8 Å². The molecule has 224 valence electrons. The molecule has 0 N–H and O–H groups in total. The van der Waals surface area contributed by atoms with Crippen molar-refractivity contribution in [3.63, 3.8) is 0 Å². The highest BCUT2D eigenvalue weighted by Gasteiger charge is 2.22. The summed E-state index contributed by atoms with van der Waals surface area (Å²) in [7, 11) is -1.17. The number of hydrogen-bond acceptors (Lipinski definition) is 9. The number of nitrogens with zero attached hydrogens (tertiary/aromatic N) is 8. The van der Waals surface area contributed by atoms with Gasteiger partial charge in [-0.3, -0.25) is 9.67 Å². The van der Waals surface area contributed by atoms with Crippen molar-refractivity contribution in [2.24, 2.45) is 4.99 Å². The Morgan fingerprint density at radius 2 is 1.95 bits per heavy atom. The monoisotopic (exact) mass is 606 g/mol. The minimum atomic E-state index is -1.17. The van der Waals surface area contributed by atoms with E-state index in [-0.39, 0.29) is 6.10 Å². The van der Waals surface area contributed by atoms with Gasteiger partial charge in [-0.25, -0.2) is 9.67 Å². The normalized spacial score (nSPS) is 18.5. The molecule has 6 heterocycles. The second-order valence-corrected chi connectivity index (χ2v) is 19.1. The van der Waals surface area contributed by atoms with Gasteiger partial charge in [0.2, 0.25) is 4.80 Å². The maximum absolute atomic E-state index is 6.04. The van der Waals surface area contributed by atoms with Crippen molar-refractivity contribution in [3.8, 4) is 11.1 Å². The third-order valence-electron chi connectivity index (χ3n) is 7.81. The smallest absolute Gasteiger partial charge is 0.212 e. The van der Waals surface area contributed by atoms with Crippen LogP contribution in [-0.4, -0.2) is 75.4 Å². The van der Waals surface area contributed by atoms with Gasteiger partial charge in [-0.15, -0.1) is 0 Å². The molecule has 4 aromatic heterocycles. The zero-order valence-electron chi connectivity index (χ0n) is 25.0. The fraction of sp³-hybridized carbons (Fsp3) is 0.567. The summed E-state index contributed by atoms with van der Waals surface area (Å²) in [6.45, 7) is 13.5. The summed E-state index contributed by atoms with van der Waals surface area (Å²) in [4.78, 5) is 17.8. The van der Waals surface area contributed by atoms with Crippen LogP contribution in [0.1, 0.15) is 43.2 Å². The van der Waals surface area contributed by atoms with Crippen LogP contribution in [0, 0.1) is 0 Å². The van der Waals surface area contributed by atoms with Gasteiger partial charge in [0.15, 0.2) is 5.82 Å². The van der Waals surface area contributed by atoms with E-state index in [2.05, 4.69) is 46.9 Å². The van der Waals surface area contributed by atoms with E-state index < -0.39 is 8.07 Å². The SMILES string of the molecule is C[Si](C)(C)CCOCn1nc(C2CCCO2)sc1=Nc1ccc2ncc(-c3cnn(CCCN4CCCC4)c3)cc2n1. The molecule has 2 aliphatic rings. The first-order valence-electron chi connectivity index (χ1n) is 15.2. The van der Waals surface area contributed by atoms with E-state index in [0.717, 1.165) is 83.6 Å². The van der Waals surface area contributed by atoms with Crippen molar-refractivity contribution in [3.05, 3.63) is 46.6 Å². The average molecular weight is 607 g/mol. The lowest BCUT2D eigenvalue weighted by atomic mass is 10.1. The second kappa shape index (κ2) is 13.3. The Balaban J connectivity index is 1.20. The highest BCUT2D eigenvalue weighted by atomic mass is 32.1. The van der Waals surface area contributed by atoms with Crippen molar-refractivity contribution in [1.82, 2.24) is 34.4 Å². The van der Waals surface area contributed by atoms with Crippen molar-refractivity contribution in [2.45, 2.75) is 77.2 Å². The maximum atomic E-state index is 6.04. The van der Waals surface area contributed by atoms with Crippen LogP contribution in [0.5, 0.6) is 0 Å². The minimum Gasteiger partial charge on any atom is -0.371 e. The quantitative estimate of drug-likeness (QED) is 0.152. The van der Waals surface area contributed by atoms with Crippen LogP contribution >= 0.6 is 11.3 Å². The van der Waals surface area contributed by atoms with E-state index in [9.17, 15) is 0 Å². The first-order chi connectivity index (χ1) is 20.4. The van der Waals surface area contributed by atoms with Crippen LogP contribution in [0.4, 0.5) is 5.82 Å². The van der Waals surface area contributed by atoms with Gasteiger partial charge in [0, 0.05) is 51.4 Å². The number of rotatable bonds is 12. The topological polar surface area (TPSA) is 95.5 Å². The lowest BCUT2D eigenvalue weighted by molar-refractivity contribution is 0.0725. The highest BCUT2D eigenvalue weighted by molar-refractivity contribution is 7.08. The molecule has 0 aromatic carbocycles. The number of aromatic nitrogens is 6. The Morgan fingerprint density at radius 3 is 2.76 bits per heavy atom. The van der Waals surface area contributed by atoms with Gasteiger partial charge in [-0.2, -0.15) is 15.2 Å². The lowest BCUT2D eigenvalue weighted by Crippen LogP contribution is -2.24. The highest BCUT2D eigenvalue weighted by Crippen LogP contribution is 2.29. The number of ether oxygens (including phenoxy) is 2. The van der Waals surface area contributed by atoms with E-state index in [0.29, 0.717) is 12.5 Å². The van der Waals surface area contributed by atoms with Gasteiger partial charge in [0.25, 0.3) is 0 Å². The van der Waals surface area contributed by atoms with Gasteiger partial charge >= 0.3 is 0 Å². The first kappa shape index (κ1) is 29.3. The van der Waals surface area contributed by atoms with Crippen molar-refractivity contribution in [2.75, 3.05) is 32.8 Å². The molecular weight excluding hydrogens is 565 g/mol. The number of hydrogen-bond donors (Lipinski definition) is 0. The standard InChI is InChI=1S/C30H42N8O2SSi/c1-42(2,3)17-16-39-22-38-30(41-29(35-38)27-8-6-15-40-27)34-28-10-9-25-26(33-28)18-23(19-31-25)24-20-32-37(21-24)14-7-13-36-11-4-5-12-36/h9-10,18-21,27H,4-8,11-17,22H2,1-3H3. The van der Waals surface area contributed by atoms with Gasteiger partial charge in [0.05, 0.1) is 17.2 Å². The molecule has 10 nitrogen and oxygen atoms in total. The zero-order valence-corrected chi connectivity index (χ0v) is 26.9. The molecule has 4 aromatic rings.